The van der Waals surface area contributed by atoms with Crippen LogP contribution < -0.4 is 10.4 Å². The number of fused-ring (bicyclic) bond motifs is 1. The van der Waals surface area contributed by atoms with Gasteiger partial charge in [0.15, 0.2) is 13.6 Å². The third-order valence-corrected chi connectivity index (χ3v) is 6.09. The van der Waals surface area contributed by atoms with Crippen LogP contribution in [-0.4, -0.2) is 59.9 Å². The highest BCUT2D eigenvalue weighted by molar-refractivity contribution is 5.70. The Kier molecular flexibility index (Phi) is 11.8. The average molecular weight is 495 g/mol. The Morgan fingerprint density at radius 3 is 1.97 bits per heavy atom. The van der Waals surface area contributed by atoms with E-state index in [9.17, 15) is 0 Å². The highest BCUT2D eigenvalue weighted by atomic mass is 16.6. The van der Waals surface area contributed by atoms with E-state index in [4.69, 9.17) is 4.84 Å². The van der Waals surface area contributed by atoms with E-state index in [-0.39, 0.29) is 0 Å². The van der Waals surface area contributed by atoms with Gasteiger partial charge in [-0.05, 0) is 79.2 Å². The average Bonchev–Trinajstić information content (AvgIpc) is 3.13. The van der Waals surface area contributed by atoms with Crippen molar-refractivity contribution in [2.45, 2.75) is 73.1 Å². The Labute approximate surface area is 218 Å². The van der Waals surface area contributed by atoms with Crippen molar-refractivity contribution in [2.75, 3.05) is 45.2 Å². The number of hydrogen-bond donors (Lipinski definition) is 1. The molecule has 1 aromatic rings. The fraction of sp³-hybridized carbons (Fsp3) is 0.552. The molecule has 1 N–H and O–H groups in total. The van der Waals surface area contributed by atoms with E-state index in [0.29, 0.717) is 18.3 Å². The van der Waals surface area contributed by atoms with Crippen molar-refractivity contribution in [3.63, 3.8) is 0 Å². The standard InChI is InChI=1S/C29H46N6O/c1-22(2)13-10-14-23(3)15-11-16-24(4)17-12-18-25(5)19-20-35-21-34(8)28-26(35)27(32-36-9)30-29(31-28)33(6)7/h13,15,17,19H,10-12,14,16,18,20H2,1-9H3,(H,30,31,32)/q+2/b23-15+,24-17+,25-19+. The minimum atomic E-state index is 0.618. The predicted molar refractivity (Wildman–Crippen MR) is 151 cm³/mol. The molecular formula is C29H46N6O+2. The van der Waals surface area contributed by atoms with Crippen molar-refractivity contribution in [1.82, 2.24) is 9.97 Å². The normalized spacial score (nSPS) is 13.9. The molecule has 7 heteroatoms. The number of rotatable bonds is 14. The van der Waals surface area contributed by atoms with Crippen LogP contribution in [0.25, 0.3) is 0 Å². The second-order valence-electron chi connectivity index (χ2n) is 10.1. The number of anilines is 2. The van der Waals surface area contributed by atoms with Crippen LogP contribution in [0.4, 0.5) is 23.3 Å². The smallest absolute Gasteiger partial charge is 0.347 e. The van der Waals surface area contributed by atoms with Gasteiger partial charge in [-0.3, -0.25) is 4.84 Å². The molecule has 1 aromatic heterocycles. The minimum Gasteiger partial charge on any atom is -0.347 e. The quantitative estimate of drug-likeness (QED) is 0.176. The highest BCUT2D eigenvalue weighted by Crippen LogP contribution is 2.35. The summed E-state index contributed by atoms with van der Waals surface area (Å²) in [5.41, 5.74) is 9.50. The summed E-state index contributed by atoms with van der Waals surface area (Å²) in [5, 5.41) is 0. The molecule has 0 fully saturated rings. The summed E-state index contributed by atoms with van der Waals surface area (Å²) in [4.78, 5) is 16.3. The maximum Gasteiger partial charge on any atom is 0.491 e. The minimum absolute atomic E-state index is 0.618. The zero-order valence-corrected chi connectivity index (χ0v) is 23.9. The van der Waals surface area contributed by atoms with E-state index in [0.717, 1.165) is 50.0 Å². The summed E-state index contributed by atoms with van der Waals surface area (Å²) < 4.78 is 3.94. The molecule has 0 aliphatic carbocycles. The van der Waals surface area contributed by atoms with E-state index >= 15 is 0 Å². The van der Waals surface area contributed by atoms with Gasteiger partial charge in [0.1, 0.15) is 0 Å². The van der Waals surface area contributed by atoms with Gasteiger partial charge in [-0.15, -0.1) is 4.98 Å². The van der Waals surface area contributed by atoms with Gasteiger partial charge in [-0.1, -0.05) is 49.7 Å². The van der Waals surface area contributed by atoms with Crippen LogP contribution in [0.3, 0.4) is 0 Å². The van der Waals surface area contributed by atoms with Crippen LogP contribution >= 0.6 is 0 Å². The van der Waals surface area contributed by atoms with E-state index in [1.807, 2.05) is 35.2 Å². The first-order valence-corrected chi connectivity index (χ1v) is 12.9. The molecule has 7 nitrogen and oxygen atoms in total. The monoisotopic (exact) mass is 494 g/mol. The molecule has 0 aromatic carbocycles. The van der Waals surface area contributed by atoms with E-state index < -0.39 is 0 Å². The zero-order valence-electron chi connectivity index (χ0n) is 23.9. The van der Waals surface area contributed by atoms with Crippen LogP contribution in [0.5, 0.6) is 0 Å². The zero-order chi connectivity index (χ0) is 26.7. The largest absolute Gasteiger partial charge is 0.491 e. The molecule has 1 aliphatic rings. The summed E-state index contributed by atoms with van der Waals surface area (Å²) in [6, 6.07) is 3.35. The molecule has 0 bridgehead atoms. The topological polar surface area (TPSA) is 56.3 Å². The number of hydrogen-bond acceptors (Lipinski definition) is 5. The van der Waals surface area contributed by atoms with Crippen LogP contribution in [0.2, 0.25) is 0 Å². The molecule has 196 valence electrons. The van der Waals surface area contributed by atoms with Crippen molar-refractivity contribution < 1.29 is 14.0 Å². The summed E-state index contributed by atoms with van der Waals surface area (Å²) in [7, 11) is 7.38. The molecular weight excluding hydrogens is 448 g/mol. The van der Waals surface area contributed by atoms with Gasteiger partial charge in [-0.2, -0.15) is 4.98 Å². The Balaban J connectivity index is 1.91. The maximum atomic E-state index is 5.18. The van der Waals surface area contributed by atoms with Crippen LogP contribution in [0.15, 0.2) is 46.6 Å². The van der Waals surface area contributed by atoms with E-state index in [2.05, 4.69) is 80.4 Å². The summed E-state index contributed by atoms with van der Waals surface area (Å²) in [5.74, 6) is 2.06. The molecule has 36 heavy (non-hydrogen) atoms. The summed E-state index contributed by atoms with van der Waals surface area (Å²) >= 11 is 0. The number of aromatic nitrogens is 2. The summed E-state index contributed by atoms with van der Waals surface area (Å²) in [6.07, 6.45) is 16.0. The Bertz CT molecular complexity index is 1100. The number of nitrogens with zero attached hydrogens (tertiary/aromatic N) is 5. The third kappa shape index (κ3) is 9.21. The van der Waals surface area contributed by atoms with Crippen molar-refractivity contribution in [3.8, 4) is 0 Å². The molecule has 0 radical (unpaired) electrons. The molecule has 1 aliphatic heterocycles. The van der Waals surface area contributed by atoms with Crippen molar-refractivity contribution >= 4 is 29.3 Å². The molecule has 0 saturated heterocycles. The van der Waals surface area contributed by atoms with Gasteiger partial charge >= 0.3 is 17.5 Å². The Hall–Kier alpha value is -3.02. The van der Waals surface area contributed by atoms with Gasteiger partial charge < -0.3 is 4.90 Å². The van der Waals surface area contributed by atoms with Crippen molar-refractivity contribution in [3.05, 3.63) is 46.6 Å². The van der Waals surface area contributed by atoms with Gasteiger partial charge in [-0.25, -0.2) is 5.48 Å². The second kappa shape index (κ2) is 14.5. The molecule has 0 unspecified atom stereocenters. The van der Waals surface area contributed by atoms with Crippen LogP contribution in [0, 0.1) is 0 Å². The van der Waals surface area contributed by atoms with E-state index in [1.165, 1.54) is 22.3 Å². The van der Waals surface area contributed by atoms with Gasteiger partial charge in [0.25, 0.3) is 0 Å². The maximum absolute atomic E-state index is 5.18. The number of allylic oxidation sites excluding steroid dienone is 7. The SMILES string of the molecule is CONc1nc(N(C)C)nc2c1[N+](C/C=C(\C)CC/C=C(\C)CC/C=C(\C)CCC=C(C)C)=C=[N+]2C. The Morgan fingerprint density at radius 1 is 0.889 bits per heavy atom. The first-order valence-electron chi connectivity index (χ1n) is 12.9. The van der Waals surface area contributed by atoms with Gasteiger partial charge in [0.2, 0.25) is 11.8 Å². The predicted octanol–water partition coefficient (Wildman–Crippen LogP) is 6.77. The second-order valence-corrected chi connectivity index (χ2v) is 10.1. The Morgan fingerprint density at radius 2 is 1.44 bits per heavy atom. The number of nitrogens with one attached hydrogen (secondary N) is 1. The fourth-order valence-corrected chi connectivity index (χ4v) is 3.93. The lowest BCUT2D eigenvalue weighted by molar-refractivity contribution is -0.446. The summed E-state index contributed by atoms with van der Waals surface area (Å²) in [6.45, 7) is 11.7. The van der Waals surface area contributed by atoms with Gasteiger partial charge in [0, 0.05) is 14.1 Å². The first kappa shape index (κ1) is 29.2. The lowest BCUT2D eigenvalue weighted by Crippen LogP contribution is -2.16. The molecule has 0 spiro atoms. The van der Waals surface area contributed by atoms with Gasteiger partial charge in [0.05, 0.1) is 7.11 Å². The lowest BCUT2D eigenvalue weighted by Gasteiger charge is -2.11. The highest BCUT2D eigenvalue weighted by Gasteiger charge is 2.38. The van der Waals surface area contributed by atoms with E-state index in [1.54, 1.807) is 7.11 Å². The van der Waals surface area contributed by atoms with Crippen LogP contribution in [0.1, 0.15) is 73.1 Å². The third-order valence-electron chi connectivity index (χ3n) is 6.09. The molecule has 2 heterocycles. The lowest BCUT2D eigenvalue weighted by atomic mass is 10.0. The molecule has 2 rings (SSSR count). The van der Waals surface area contributed by atoms with Crippen molar-refractivity contribution in [2.24, 2.45) is 0 Å². The fourth-order valence-electron chi connectivity index (χ4n) is 3.93. The van der Waals surface area contributed by atoms with Crippen molar-refractivity contribution in [1.29, 1.82) is 0 Å². The first-order chi connectivity index (χ1) is 17.1. The molecule has 0 amide bonds. The van der Waals surface area contributed by atoms with Crippen LogP contribution in [-0.2, 0) is 4.84 Å². The molecule has 0 saturated carbocycles. The molecule has 0 atom stereocenters.